The minimum atomic E-state index is 0.157. The van der Waals surface area contributed by atoms with E-state index in [1.54, 1.807) is 6.07 Å². The molecule has 5 heteroatoms. The van der Waals surface area contributed by atoms with Gasteiger partial charge in [-0.15, -0.1) is 0 Å². The van der Waals surface area contributed by atoms with Crippen LogP contribution in [0.15, 0.2) is 18.2 Å². The van der Waals surface area contributed by atoms with E-state index < -0.39 is 0 Å². The van der Waals surface area contributed by atoms with E-state index in [0.717, 1.165) is 57.5 Å². The van der Waals surface area contributed by atoms with Crippen molar-refractivity contribution in [3.8, 4) is 0 Å². The lowest BCUT2D eigenvalue weighted by Gasteiger charge is -2.29. The second-order valence-electron chi connectivity index (χ2n) is 6.34. The molecule has 3 rings (SSSR count). The Bertz CT molecular complexity index is 543. The Morgan fingerprint density at radius 2 is 1.91 bits per heavy atom. The Labute approximate surface area is 142 Å². The minimum absolute atomic E-state index is 0.157. The first kappa shape index (κ1) is 16.1. The third-order valence-electron chi connectivity index (χ3n) is 4.70. The molecule has 0 radical (unpaired) electrons. The first-order chi connectivity index (χ1) is 10.6. The van der Waals surface area contributed by atoms with Gasteiger partial charge in [-0.25, -0.2) is 0 Å². The molecule has 1 amide bonds. The smallest absolute Gasteiger partial charge is 0.227 e. The van der Waals surface area contributed by atoms with E-state index in [-0.39, 0.29) is 5.92 Å². The molecule has 0 saturated carbocycles. The number of hydrogen-bond donors (Lipinski definition) is 0. The van der Waals surface area contributed by atoms with Gasteiger partial charge in [-0.3, -0.25) is 9.69 Å². The molecular formula is C17H22Cl2N2O. The number of hydrogen-bond acceptors (Lipinski definition) is 2. The molecule has 0 aliphatic carbocycles. The fraction of sp³-hybridized carbons (Fsp3) is 0.588. The topological polar surface area (TPSA) is 23.6 Å². The molecule has 1 aromatic rings. The number of piperidine rings is 1. The van der Waals surface area contributed by atoms with Crippen molar-refractivity contribution in [1.82, 2.24) is 9.80 Å². The highest BCUT2D eigenvalue weighted by Crippen LogP contribution is 2.26. The van der Waals surface area contributed by atoms with Crippen molar-refractivity contribution in [1.29, 1.82) is 0 Å². The third kappa shape index (κ3) is 3.76. The molecule has 0 spiro atoms. The average molecular weight is 341 g/mol. The summed E-state index contributed by atoms with van der Waals surface area (Å²) < 4.78 is 0. The van der Waals surface area contributed by atoms with E-state index >= 15 is 0 Å². The standard InChI is InChI=1S/C17H22Cl2N2O/c18-15-5-4-13(16(19)10-15)11-20-9-6-14(12-20)17(22)21-7-2-1-3-8-21/h4-5,10,14H,1-3,6-9,11-12H2. The molecule has 1 unspecified atom stereocenters. The Hall–Kier alpha value is -0.770. The van der Waals surface area contributed by atoms with Crippen LogP contribution in [0.1, 0.15) is 31.2 Å². The number of likely N-dealkylation sites (tertiary alicyclic amines) is 2. The zero-order chi connectivity index (χ0) is 15.5. The quantitative estimate of drug-likeness (QED) is 0.834. The molecule has 2 fully saturated rings. The van der Waals surface area contributed by atoms with Gasteiger partial charge >= 0.3 is 0 Å². The van der Waals surface area contributed by atoms with E-state index in [1.807, 2.05) is 12.1 Å². The van der Waals surface area contributed by atoms with Gasteiger partial charge in [-0.1, -0.05) is 29.3 Å². The summed E-state index contributed by atoms with van der Waals surface area (Å²) in [4.78, 5) is 16.9. The van der Waals surface area contributed by atoms with Crippen molar-refractivity contribution in [2.75, 3.05) is 26.2 Å². The summed E-state index contributed by atoms with van der Waals surface area (Å²) in [6.45, 7) is 4.48. The Kier molecular flexibility index (Phi) is 5.27. The van der Waals surface area contributed by atoms with Gasteiger partial charge in [0.25, 0.3) is 0 Å². The zero-order valence-corrected chi connectivity index (χ0v) is 14.2. The van der Waals surface area contributed by atoms with Gasteiger partial charge in [-0.05, 0) is 49.9 Å². The minimum Gasteiger partial charge on any atom is -0.342 e. The van der Waals surface area contributed by atoms with Crippen LogP contribution in [-0.4, -0.2) is 41.9 Å². The summed E-state index contributed by atoms with van der Waals surface area (Å²) in [5.41, 5.74) is 1.08. The van der Waals surface area contributed by atoms with Gasteiger partial charge in [-0.2, -0.15) is 0 Å². The first-order valence-corrected chi connectivity index (χ1v) is 8.84. The molecule has 3 nitrogen and oxygen atoms in total. The van der Waals surface area contributed by atoms with Crippen LogP contribution >= 0.6 is 23.2 Å². The molecule has 0 N–H and O–H groups in total. The molecule has 1 atom stereocenters. The first-order valence-electron chi connectivity index (χ1n) is 8.08. The predicted molar refractivity (Wildman–Crippen MR) is 90.3 cm³/mol. The number of carbonyl (C=O) groups is 1. The molecule has 1 aromatic carbocycles. The highest BCUT2D eigenvalue weighted by molar-refractivity contribution is 6.35. The Balaban J connectivity index is 1.56. The number of rotatable bonds is 3. The van der Waals surface area contributed by atoms with Crippen molar-refractivity contribution < 1.29 is 4.79 Å². The van der Waals surface area contributed by atoms with E-state index in [0.29, 0.717) is 16.0 Å². The highest BCUT2D eigenvalue weighted by Gasteiger charge is 2.31. The van der Waals surface area contributed by atoms with Gasteiger partial charge in [0.05, 0.1) is 5.92 Å². The van der Waals surface area contributed by atoms with Crippen molar-refractivity contribution in [3.63, 3.8) is 0 Å². The van der Waals surface area contributed by atoms with Crippen LogP contribution in [0, 0.1) is 5.92 Å². The average Bonchev–Trinajstić information content (AvgIpc) is 2.99. The maximum Gasteiger partial charge on any atom is 0.227 e. The van der Waals surface area contributed by atoms with Crippen molar-refractivity contribution >= 4 is 29.1 Å². The second-order valence-corrected chi connectivity index (χ2v) is 7.19. The molecule has 2 aliphatic heterocycles. The number of benzene rings is 1. The van der Waals surface area contributed by atoms with Crippen LogP contribution in [-0.2, 0) is 11.3 Å². The summed E-state index contributed by atoms with van der Waals surface area (Å²) in [6.07, 6.45) is 4.53. The van der Waals surface area contributed by atoms with E-state index in [1.165, 1.54) is 6.42 Å². The third-order valence-corrected chi connectivity index (χ3v) is 5.29. The van der Waals surface area contributed by atoms with Crippen molar-refractivity contribution in [2.45, 2.75) is 32.2 Å². The van der Waals surface area contributed by atoms with Crippen LogP contribution in [0.5, 0.6) is 0 Å². The number of carbonyl (C=O) groups excluding carboxylic acids is 1. The van der Waals surface area contributed by atoms with Gasteiger partial charge < -0.3 is 4.90 Å². The molecule has 22 heavy (non-hydrogen) atoms. The number of nitrogens with zero attached hydrogens (tertiary/aromatic N) is 2. The molecule has 0 aromatic heterocycles. The van der Waals surface area contributed by atoms with Gasteiger partial charge in [0.1, 0.15) is 0 Å². The fourth-order valence-electron chi connectivity index (χ4n) is 3.44. The van der Waals surface area contributed by atoms with Crippen LogP contribution < -0.4 is 0 Å². The van der Waals surface area contributed by atoms with Gasteiger partial charge in [0.2, 0.25) is 5.91 Å². The second kappa shape index (κ2) is 7.20. The monoisotopic (exact) mass is 340 g/mol. The van der Waals surface area contributed by atoms with E-state index in [4.69, 9.17) is 23.2 Å². The normalized spacial score (nSPS) is 23.0. The SMILES string of the molecule is O=C(C1CCN(Cc2ccc(Cl)cc2Cl)C1)N1CCCCC1. The van der Waals surface area contributed by atoms with Crippen LogP contribution in [0.2, 0.25) is 10.0 Å². The summed E-state index contributed by atoms with van der Waals surface area (Å²) in [7, 11) is 0. The lowest BCUT2D eigenvalue weighted by molar-refractivity contribution is -0.136. The summed E-state index contributed by atoms with van der Waals surface area (Å²) in [6, 6.07) is 5.63. The predicted octanol–water partition coefficient (Wildman–Crippen LogP) is 3.83. The lowest BCUT2D eigenvalue weighted by Crippen LogP contribution is -2.40. The molecule has 120 valence electrons. The van der Waals surface area contributed by atoms with Crippen LogP contribution in [0.25, 0.3) is 0 Å². The Morgan fingerprint density at radius 1 is 1.14 bits per heavy atom. The lowest BCUT2D eigenvalue weighted by atomic mass is 10.0. The number of amides is 1. The molecule has 2 saturated heterocycles. The zero-order valence-electron chi connectivity index (χ0n) is 12.7. The summed E-state index contributed by atoms with van der Waals surface area (Å²) in [5, 5.41) is 1.37. The molecular weight excluding hydrogens is 319 g/mol. The summed E-state index contributed by atoms with van der Waals surface area (Å²) in [5.74, 6) is 0.508. The van der Waals surface area contributed by atoms with Gasteiger partial charge in [0, 0.05) is 36.2 Å². The van der Waals surface area contributed by atoms with Crippen molar-refractivity contribution in [3.05, 3.63) is 33.8 Å². The Morgan fingerprint density at radius 3 is 2.64 bits per heavy atom. The largest absolute Gasteiger partial charge is 0.342 e. The molecule has 2 aliphatic rings. The summed E-state index contributed by atoms with van der Waals surface area (Å²) >= 11 is 12.2. The van der Waals surface area contributed by atoms with Gasteiger partial charge in [0.15, 0.2) is 0 Å². The molecule has 2 heterocycles. The maximum atomic E-state index is 12.6. The highest BCUT2D eigenvalue weighted by atomic mass is 35.5. The van der Waals surface area contributed by atoms with Crippen molar-refractivity contribution in [2.24, 2.45) is 5.92 Å². The van der Waals surface area contributed by atoms with Crippen LogP contribution in [0.4, 0.5) is 0 Å². The van der Waals surface area contributed by atoms with E-state index in [2.05, 4.69) is 9.80 Å². The fourth-order valence-corrected chi connectivity index (χ4v) is 3.91. The van der Waals surface area contributed by atoms with Crippen LogP contribution in [0.3, 0.4) is 0 Å². The van der Waals surface area contributed by atoms with E-state index in [9.17, 15) is 4.79 Å². The molecule has 0 bridgehead atoms. The maximum absolute atomic E-state index is 12.6. The number of halogens is 2.